The summed E-state index contributed by atoms with van der Waals surface area (Å²) in [6, 6.07) is 11.4. The number of anilines is 1. The SMILES string of the molecule is O=C(c1ccc(N(CCc2cccc(Cl)c2Cl)S(=O)O)cc1)N(CCO)CCO. The number of aliphatic hydroxyl groups excluding tert-OH is 2. The van der Waals surface area contributed by atoms with E-state index in [1.54, 1.807) is 30.3 Å². The average molecular weight is 461 g/mol. The zero-order valence-corrected chi connectivity index (χ0v) is 17.8. The predicted molar refractivity (Wildman–Crippen MR) is 115 cm³/mol. The summed E-state index contributed by atoms with van der Waals surface area (Å²) >= 11 is 9.90. The lowest BCUT2D eigenvalue weighted by atomic mass is 10.1. The number of halogens is 2. The molecule has 0 aliphatic heterocycles. The van der Waals surface area contributed by atoms with Crippen molar-refractivity contribution in [2.24, 2.45) is 0 Å². The monoisotopic (exact) mass is 460 g/mol. The van der Waals surface area contributed by atoms with E-state index in [0.717, 1.165) is 5.56 Å². The molecule has 7 nitrogen and oxygen atoms in total. The summed E-state index contributed by atoms with van der Waals surface area (Å²) in [4.78, 5) is 13.8. The van der Waals surface area contributed by atoms with Crippen LogP contribution in [0, 0.1) is 0 Å². The molecule has 1 unspecified atom stereocenters. The van der Waals surface area contributed by atoms with Gasteiger partial charge in [-0.25, -0.2) is 4.21 Å². The molecule has 1 amide bonds. The fraction of sp³-hybridized carbons (Fsp3) is 0.316. The van der Waals surface area contributed by atoms with Gasteiger partial charge >= 0.3 is 0 Å². The number of amides is 1. The van der Waals surface area contributed by atoms with Crippen LogP contribution in [0.4, 0.5) is 5.69 Å². The average Bonchev–Trinajstić information content (AvgIpc) is 2.70. The van der Waals surface area contributed by atoms with E-state index >= 15 is 0 Å². The normalized spacial score (nSPS) is 11.9. The zero-order valence-electron chi connectivity index (χ0n) is 15.5. The summed E-state index contributed by atoms with van der Waals surface area (Å²) in [5.74, 6) is -0.345. The molecular weight excluding hydrogens is 439 g/mol. The van der Waals surface area contributed by atoms with Crippen molar-refractivity contribution in [1.82, 2.24) is 4.90 Å². The van der Waals surface area contributed by atoms with E-state index in [0.29, 0.717) is 27.7 Å². The van der Waals surface area contributed by atoms with E-state index in [1.807, 2.05) is 0 Å². The maximum atomic E-state index is 12.5. The van der Waals surface area contributed by atoms with E-state index in [1.165, 1.54) is 21.3 Å². The first-order chi connectivity index (χ1) is 13.9. The molecule has 0 heterocycles. The van der Waals surface area contributed by atoms with E-state index in [4.69, 9.17) is 33.4 Å². The second kappa shape index (κ2) is 11.5. The largest absolute Gasteiger partial charge is 0.395 e. The second-order valence-corrected chi connectivity index (χ2v) is 7.77. The smallest absolute Gasteiger partial charge is 0.261 e. The third kappa shape index (κ3) is 6.40. The van der Waals surface area contributed by atoms with Crippen LogP contribution in [0.2, 0.25) is 10.0 Å². The fourth-order valence-electron chi connectivity index (χ4n) is 2.77. The third-order valence-electron chi connectivity index (χ3n) is 4.23. The first kappa shape index (κ1) is 23.6. The topological polar surface area (TPSA) is 101 Å². The zero-order chi connectivity index (χ0) is 21.4. The molecule has 0 saturated heterocycles. The highest BCUT2D eigenvalue weighted by atomic mass is 35.5. The molecule has 0 radical (unpaired) electrons. The van der Waals surface area contributed by atoms with Crippen molar-refractivity contribution >= 4 is 46.1 Å². The second-order valence-electron chi connectivity index (χ2n) is 6.08. The Bertz CT molecular complexity index is 845. The Labute approximate surface area is 181 Å². The molecule has 0 saturated carbocycles. The summed E-state index contributed by atoms with van der Waals surface area (Å²) in [5, 5.41) is 19.0. The quantitative estimate of drug-likeness (QED) is 0.473. The first-order valence-electron chi connectivity index (χ1n) is 8.81. The summed E-state index contributed by atoms with van der Waals surface area (Å²) in [6.07, 6.45) is 0.396. The lowest BCUT2D eigenvalue weighted by Gasteiger charge is -2.22. The summed E-state index contributed by atoms with van der Waals surface area (Å²) in [5.41, 5.74) is 1.55. The number of aliphatic hydroxyl groups is 2. The number of carbonyl (C=O) groups excluding carboxylic acids is 1. The predicted octanol–water partition coefficient (Wildman–Crippen LogP) is 2.61. The van der Waals surface area contributed by atoms with Crippen LogP contribution in [-0.2, 0) is 17.7 Å². The van der Waals surface area contributed by atoms with E-state index < -0.39 is 11.3 Å². The minimum absolute atomic E-state index is 0.105. The Morgan fingerprint density at radius 1 is 0.966 bits per heavy atom. The molecule has 0 spiro atoms. The van der Waals surface area contributed by atoms with Gasteiger partial charge in [-0.2, -0.15) is 0 Å². The lowest BCUT2D eigenvalue weighted by molar-refractivity contribution is 0.0685. The van der Waals surface area contributed by atoms with Gasteiger partial charge in [0.05, 0.1) is 28.9 Å². The maximum absolute atomic E-state index is 12.5. The van der Waals surface area contributed by atoms with Crippen LogP contribution in [0.5, 0.6) is 0 Å². The number of carbonyl (C=O) groups is 1. The highest BCUT2D eigenvalue weighted by Crippen LogP contribution is 2.27. The van der Waals surface area contributed by atoms with Crippen LogP contribution < -0.4 is 4.31 Å². The molecule has 0 aromatic heterocycles. The van der Waals surface area contributed by atoms with E-state index in [9.17, 15) is 13.6 Å². The van der Waals surface area contributed by atoms with Gasteiger partial charge in [-0.1, -0.05) is 35.3 Å². The fourth-order valence-corrected chi connectivity index (χ4v) is 3.73. The molecule has 1 atom stereocenters. The molecule has 29 heavy (non-hydrogen) atoms. The van der Waals surface area contributed by atoms with Gasteiger partial charge in [-0.3, -0.25) is 13.7 Å². The van der Waals surface area contributed by atoms with Crippen molar-refractivity contribution in [1.29, 1.82) is 0 Å². The standard InChI is InChI=1S/C19H22Cl2N2O5S/c20-17-3-1-2-14(18(17)21)8-9-23(29(27)28)16-6-4-15(5-7-16)19(26)22(10-12-24)11-13-25/h1-7,24-25H,8-13H2,(H,27,28). The van der Waals surface area contributed by atoms with Gasteiger partial charge in [-0.15, -0.1) is 0 Å². The summed E-state index contributed by atoms with van der Waals surface area (Å²) in [7, 11) is 0. The Kier molecular flexibility index (Phi) is 9.35. The number of hydrogen-bond donors (Lipinski definition) is 3. The van der Waals surface area contributed by atoms with Crippen molar-refractivity contribution in [3.8, 4) is 0 Å². The van der Waals surface area contributed by atoms with Gasteiger partial charge in [0, 0.05) is 25.2 Å². The molecule has 3 N–H and O–H groups in total. The molecule has 2 aromatic carbocycles. The molecule has 0 bridgehead atoms. The van der Waals surface area contributed by atoms with Crippen LogP contribution in [0.3, 0.4) is 0 Å². The van der Waals surface area contributed by atoms with Gasteiger partial charge in [-0.05, 0) is 42.3 Å². The van der Waals surface area contributed by atoms with Crippen molar-refractivity contribution in [2.75, 3.05) is 37.2 Å². The Balaban J connectivity index is 2.14. The molecule has 0 aliphatic carbocycles. The third-order valence-corrected chi connectivity index (χ3v) is 5.86. The number of rotatable bonds is 10. The minimum atomic E-state index is -2.28. The molecular formula is C19H22Cl2N2O5S. The van der Waals surface area contributed by atoms with Crippen LogP contribution in [0.1, 0.15) is 15.9 Å². The lowest BCUT2D eigenvalue weighted by Crippen LogP contribution is -2.35. The van der Waals surface area contributed by atoms with Crippen molar-refractivity contribution < 1.29 is 23.8 Å². The number of hydrogen-bond acceptors (Lipinski definition) is 4. The molecule has 0 aliphatic rings. The number of benzene rings is 2. The Hall–Kier alpha value is -1.68. The maximum Gasteiger partial charge on any atom is 0.261 e. The van der Waals surface area contributed by atoms with Gasteiger partial charge in [0.25, 0.3) is 17.2 Å². The van der Waals surface area contributed by atoms with Crippen molar-refractivity contribution in [3.05, 3.63) is 63.6 Å². The summed E-state index contributed by atoms with van der Waals surface area (Å²) < 4.78 is 22.8. The van der Waals surface area contributed by atoms with Crippen molar-refractivity contribution in [2.45, 2.75) is 6.42 Å². The van der Waals surface area contributed by atoms with Gasteiger partial charge in [0.1, 0.15) is 0 Å². The molecule has 2 rings (SSSR count). The number of nitrogens with zero attached hydrogens (tertiary/aromatic N) is 2. The van der Waals surface area contributed by atoms with Crippen molar-refractivity contribution in [3.63, 3.8) is 0 Å². The Morgan fingerprint density at radius 2 is 1.59 bits per heavy atom. The van der Waals surface area contributed by atoms with E-state index in [2.05, 4.69) is 0 Å². The van der Waals surface area contributed by atoms with Gasteiger partial charge in [0.2, 0.25) is 0 Å². The van der Waals surface area contributed by atoms with E-state index in [-0.39, 0.29) is 38.8 Å². The Morgan fingerprint density at radius 3 is 2.14 bits per heavy atom. The minimum Gasteiger partial charge on any atom is -0.395 e. The van der Waals surface area contributed by atoms with Gasteiger partial charge in [0.15, 0.2) is 0 Å². The molecule has 2 aromatic rings. The molecule has 158 valence electrons. The van der Waals surface area contributed by atoms with Crippen LogP contribution >= 0.6 is 23.2 Å². The highest BCUT2D eigenvalue weighted by molar-refractivity contribution is 7.80. The van der Waals surface area contributed by atoms with Crippen LogP contribution in [0.25, 0.3) is 0 Å². The van der Waals surface area contributed by atoms with Crippen LogP contribution in [0.15, 0.2) is 42.5 Å². The first-order valence-corrected chi connectivity index (χ1v) is 10.6. The highest BCUT2D eigenvalue weighted by Gasteiger charge is 2.17. The van der Waals surface area contributed by atoms with Gasteiger partial charge < -0.3 is 15.1 Å². The summed E-state index contributed by atoms with van der Waals surface area (Å²) in [6.45, 7) is -0.0133. The molecule has 10 heteroatoms. The molecule has 0 fully saturated rings. The van der Waals surface area contributed by atoms with Crippen LogP contribution in [-0.4, -0.2) is 62.6 Å².